The van der Waals surface area contributed by atoms with E-state index in [1.165, 1.54) is 6.42 Å². The normalized spacial score (nSPS) is 21.4. The number of piperidine rings is 1. The second kappa shape index (κ2) is 12.5. The molecule has 0 saturated carbocycles. The molecule has 1 unspecified atom stereocenters. The van der Waals surface area contributed by atoms with Crippen molar-refractivity contribution in [3.8, 4) is 0 Å². The van der Waals surface area contributed by atoms with E-state index in [4.69, 9.17) is 0 Å². The molecule has 0 aliphatic carbocycles. The van der Waals surface area contributed by atoms with Gasteiger partial charge in [0.15, 0.2) is 0 Å². The summed E-state index contributed by atoms with van der Waals surface area (Å²) in [6, 6.07) is -0.122. The molecule has 164 valence electrons. The molecular formula is C23H45N3O2. The Labute approximate surface area is 173 Å². The van der Waals surface area contributed by atoms with Gasteiger partial charge in [0, 0.05) is 26.2 Å². The number of likely N-dealkylation sites (tertiary alicyclic amines) is 1. The molecule has 2 fully saturated rings. The summed E-state index contributed by atoms with van der Waals surface area (Å²) < 4.78 is 0. The maximum atomic E-state index is 12.6. The number of nitrogens with one attached hydrogen (secondary N) is 1. The molecule has 2 aliphatic rings. The van der Waals surface area contributed by atoms with E-state index in [-0.39, 0.29) is 24.4 Å². The summed E-state index contributed by atoms with van der Waals surface area (Å²) in [4.78, 5) is 28.8. The molecule has 1 atom stereocenters. The minimum absolute atomic E-state index is 0.0954. The topological polar surface area (TPSA) is 52.7 Å². The number of carbonyl (C=O) groups is 2. The third-order valence-corrected chi connectivity index (χ3v) is 5.19. The second-order valence-electron chi connectivity index (χ2n) is 10.1. The smallest absolute Gasteiger partial charge is 0.242 e. The number of carbonyl (C=O) groups excluding carboxylic acids is 2. The van der Waals surface area contributed by atoms with Crippen LogP contribution in [0.5, 0.6) is 0 Å². The average Bonchev–Trinajstić information content (AvgIpc) is 2.57. The van der Waals surface area contributed by atoms with Crippen molar-refractivity contribution in [3.05, 3.63) is 0 Å². The van der Waals surface area contributed by atoms with E-state index in [1.807, 2.05) is 4.90 Å². The average molecular weight is 396 g/mol. The lowest BCUT2D eigenvalue weighted by molar-refractivity contribution is -0.144. The van der Waals surface area contributed by atoms with Crippen molar-refractivity contribution in [1.82, 2.24) is 15.1 Å². The van der Waals surface area contributed by atoms with Crippen LogP contribution >= 0.6 is 0 Å². The van der Waals surface area contributed by atoms with Gasteiger partial charge in [0.2, 0.25) is 11.8 Å². The fraction of sp³-hybridized carbons (Fsp3) is 0.913. The Morgan fingerprint density at radius 2 is 1.50 bits per heavy atom. The highest BCUT2D eigenvalue weighted by Crippen LogP contribution is 2.24. The number of hydrogen-bond acceptors (Lipinski definition) is 3. The molecule has 1 N–H and O–H groups in total. The summed E-state index contributed by atoms with van der Waals surface area (Å²) in [5.74, 6) is 3.01. The molecular weight excluding hydrogens is 350 g/mol. The number of rotatable bonds is 6. The van der Waals surface area contributed by atoms with Gasteiger partial charge < -0.3 is 15.1 Å². The highest BCUT2D eigenvalue weighted by molar-refractivity contribution is 5.88. The zero-order chi connectivity index (χ0) is 21.3. The lowest BCUT2D eigenvalue weighted by atomic mass is 9.88. The summed E-state index contributed by atoms with van der Waals surface area (Å²) in [6.07, 6.45) is 4.31. The minimum Gasteiger partial charge on any atom is -0.341 e. The van der Waals surface area contributed by atoms with E-state index < -0.39 is 0 Å². The van der Waals surface area contributed by atoms with Crippen LogP contribution in [0.4, 0.5) is 0 Å². The lowest BCUT2D eigenvalue weighted by Gasteiger charge is -2.37. The van der Waals surface area contributed by atoms with Gasteiger partial charge >= 0.3 is 0 Å². The number of hydrogen-bond donors (Lipinski definition) is 1. The number of piperazine rings is 1. The largest absolute Gasteiger partial charge is 0.341 e. The number of amides is 2. The van der Waals surface area contributed by atoms with Crippen molar-refractivity contribution in [2.45, 2.75) is 80.2 Å². The molecule has 0 aromatic carbocycles. The van der Waals surface area contributed by atoms with Crippen molar-refractivity contribution in [1.29, 1.82) is 0 Å². The third-order valence-electron chi connectivity index (χ3n) is 5.19. The van der Waals surface area contributed by atoms with Gasteiger partial charge in [0.05, 0.1) is 12.6 Å². The van der Waals surface area contributed by atoms with E-state index >= 15 is 0 Å². The highest BCUT2D eigenvalue weighted by atomic mass is 16.2. The Morgan fingerprint density at radius 3 is 2.00 bits per heavy atom. The zero-order valence-corrected chi connectivity index (χ0v) is 19.5. The van der Waals surface area contributed by atoms with Gasteiger partial charge in [-0.3, -0.25) is 9.59 Å². The summed E-state index contributed by atoms with van der Waals surface area (Å²) in [5, 5.41) is 3.29. The van der Waals surface area contributed by atoms with E-state index in [0.717, 1.165) is 56.7 Å². The Morgan fingerprint density at radius 1 is 0.964 bits per heavy atom. The predicted molar refractivity (Wildman–Crippen MR) is 117 cm³/mol. The Bertz CT molecular complexity index is 466. The molecule has 0 bridgehead atoms. The quantitative estimate of drug-likeness (QED) is 0.745. The first kappa shape index (κ1) is 24.9. The van der Waals surface area contributed by atoms with Gasteiger partial charge in [-0.2, -0.15) is 0 Å². The molecule has 0 aromatic heterocycles. The molecule has 2 amide bonds. The van der Waals surface area contributed by atoms with Crippen molar-refractivity contribution < 1.29 is 9.59 Å². The van der Waals surface area contributed by atoms with Gasteiger partial charge in [-0.1, -0.05) is 48.5 Å². The Kier molecular flexibility index (Phi) is 11.1. The van der Waals surface area contributed by atoms with Crippen LogP contribution in [0.25, 0.3) is 0 Å². The van der Waals surface area contributed by atoms with Crippen LogP contribution in [0.3, 0.4) is 0 Å². The summed E-state index contributed by atoms with van der Waals surface area (Å²) in [5.41, 5.74) is 0. The van der Waals surface area contributed by atoms with Gasteiger partial charge in [-0.15, -0.1) is 0 Å². The van der Waals surface area contributed by atoms with E-state index in [9.17, 15) is 9.59 Å². The van der Waals surface area contributed by atoms with Gasteiger partial charge in [0.1, 0.15) is 0 Å². The molecule has 0 spiro atoms. The molecule has 5 heteroatoms. The standard InChI is InChI=1S/C19H35N3O2.C4H10/c1-14(2)11-16-5-8-21(9-6-16)18(23)13-22-10-7-20-17(19(22)24)12-15(3)4;1-4(2)3/h14-17,20H,5-13H2,1-4H3;4H,1-3H3. The SMILES string of the molecule is CC(C)C.CC(C)CC1CCN(C(=O)CN2CCNC(CC(C)C)C2=O)CC1. The van der Waals surface area contributed by atoms with Crippen LogP contribution in [0, 0.1) is 23.7 Å². The first-order chi connectivity index (χ1) is 13.1. The number of nitrogens with zero attached hydrogens (tertiary/aromatic N) is 2. The molecule has 28 heavy (non-hydrogen) atoms. The summed E-state index contributed by atoms with van der Waals surface area (Å²) in [7, 11) is 0. The molecule has 0 aromatic rings. The minimum atomic E-state index is -0.122. The van der Waals surface area contributed by atoms with Crippen LogP contribution in [0.15, 0.2) is 0 Å². The molecule has 2 saturated heterocycles. The second-order valence-corrected chi connectivity index (χ2v) is 10.1. The van der Waals surface area contributed by atoms with Crippen LogP contribution in [-0.2, 0) is 9.59 Å². The first-order valence-corrected chi connectivity index (χ1v) is 11.4. The molecule has 2 rings (SSSR count). The Hall–Kier alpha value is -1.10. The maximum absolute atomic E-state index is 12.6. The predicted octanol–water partition coefficient (Wildman–Crippen LogP) is 3.78. The van der Waals surface area contributed by atoms with Crippen molar-refractivity contribution in [2.24, 2.45) is 23.7 Å². The van der Waals surface area contributed by atoms with Gasteiger partial charge in [0.25, 0.3) is 0 Å². The molecule has 2 aliphatic heterocycles. The van der Waals surface area contributed by atoms with Crippen LogP contribution in [0.2, 0.25) is 0 Å². The maximum Gasteiger partial charge on any atom is 0.242 e. The monoisotopic (exact) mass is 395 g/mol. The van der Waals surface area contributed by atoms with Gasteiger partial charge in [-0.25, -0.2) is 0 Å². The van der Waals surface area contributed by atoms with Crippen molar-refractivity contribution in [2.75, 3.05) is 32.7 Å². The third kappa shape index (κ3) is 9.40. The summed E-state index contributed by atoms with van der Waals surface area (Å²) >= 11 is 0. The highest BCUT2D eigenvalue weighted by Gasteiger charge is 2.31. The van der Waals surface area contributed by atoms with E-state index in [0.29, 0.717) is 12.5 Å². The first-order valence-electron chi connectivity index (χ1n) is 11.4. The molecule has 5 nitrogen and oxygen atoms in total. The lowest BCUT2D eigenvalue weighted by Crippen LogP contribution is -2.57. The molecule has 2 heterocycles. The fourth-order valence-corrected chi connectivity index (χ4v) is 3.95. The fourth-order valence-electron chi connectivity index (χ4n) is 3.95. The van der Waals surface area contributed by atoms with Crippen LogP contribution in [-0.4, -0.2) is 60.4 Å². The van der Waals surface area contributed by atoms with Gasteiger partial charge in [-0.05, 0) is 49.4 Å². The van der Waals surface area contributed by atoms with E-state index in [1.54, 1.807) is 4.90 Å². The van der Waals surface area contributed by atoms with Crippen molar-refractivity contribution in [3.63, 3.8) is 0 Å². The zero-order valence-electron chi connectivity index (χ0n) is 19.5. The van der Waals surface area contributed by atoms with Crippen LogP contribution < -0.4 is 5.32 Å². The Balaban J connectivity index is 0.000000892. The van der Waals surface area contributed by atoms with Crippen LogP contribution in [0.1, 0.15) is 74.1 Å². The summed E-state index contributed by atoms with van der Waals surface area (Å²) in [6.45, 7) is 18.7. The molecule has 0 radical (unpaired) electrons. The van der Waals surface area contributed by atoms with E-state index in [2.05, 4.69) is 53.8 Å². The van der Waals surface area contributed by atoms with Crippen molar-refractivity contribution >= 4 is 11.8 Å².